The van der Waals surface area contributed by atoms with Crippen LogP contribution in [0.2, 0.25) is 0 Å². The van der Waals surface area contributed by atoms with E-state index in [0.717, 1.165) is 83.6 Å². The number of aromatic amines is 1. The zero-order valence-electron chi connectivity index (χ0n) is 24.6. The van der Waals surface area contributed by atoms with E-state index in [1.807, 2.05) is 61.7 Å². The van der Waals surface area contributed by atoms with Crippen LogP contribution in [0.4, 0.5) is 11.8 Å². The molecule has 0 atom stereocenters. The van der Waals surface area contributed by atoms with Gasteiger partial charge in [-0.15, -0.1) is 10.2 Å². The topological polar surface area (TPSA) is 108 Å². The minimum Gasteiger partial charge on any atom is -0.323 e. The van der Waals surface area contributed by atoms with Crippen LogP contribution >= 0.6 is 0 Å². The molecule has 218 valence electrons. The SMILES string of the molecule is Cc1ccnc(Nc2ncc(-c3ccccc3)c(-c3ccc(CN4CCC(c5nnc(-c6ccccn6)[nH]5)CC4)cc3)n2)c1. The molecular formula is C35H33N9. The predicted octanol–water partition coefficient (Wildman–Crippen LogP) is 6.82. The number of nitrogens with one attached hydrogen (secondary N) is 2. The van der Waals surface area contributed by atoms with E-state index in [4.69, 9.17) is 4.98 Å². The summed E-state index contributed by atoms with van der Waals surface area (Å²) < 4.78 is 0. The number of hydrogen-bond donors (Lipinski definition) is 2. The molecule has 1 aliphatic heterocycles. The summed E-state index contributed by atoms with van der Waals surface area (Å²) in [6.07, 6.45) is 7.54. The summed E-state index contributed by atoms with van der Waals surface area (Å²) in [5.41, 5.74) is 7.21. The summed E-state index contributed by atoms with van der Waals surface area (Å²) in [6, 6.07) is 28.8. The molecule has 2 N–H and O–H groups in total. The molecule has 0 spiro atoms. The molecule has 1 saturated heterocycles. The van der Waals surface area contributed by atoms with Gasteiger partial charge in [-0.3, -0.25) is 9.88 Å². The number of pyridine rings is 2. The summed E-state index contributed by atoms with van der Waals surface area (Å²) in [5, 5.41) is 12.1. The molecule has 0 unspecified atom stereocenters. The third-order valence-electron chi connectivity index (χ3n) is 8.05. The maximum Gasteiger partial charge on any atom is 0.228 e. The second kappa shape index (κ2) is 12.5. The van der Waals surface area contributed by atoms with Crippen LogP contribution in [0.5, 0.6) is 0 Å². The number of benzene rings is 2. The molecule has 9 heteroatoms. The van der Waals surface area contributed by atoms with Crippen LogP contribution in [0.3, 0.4) is 0 Å². The first-order valence-electron chi connectivity index (χ1n) is 15.0. The van der Waals surface area contributed by atoms with Crippen LogP contribution < -0.4 is 5.32 Å². The Morgan fingerprint density at radius 3 is 2.41 bits per heavy atom. The van der Waals surface area contributed by atoms with E-state index in [2.05, 4.69) is 76.7 Å². The largest absolute Gasteiger partial charge is 0.323 e. The van der Waals surface area contributed by atoms with Gasteiger partial charge in [0.15, 0.2) is 5.82 Å². The summed E-state index contributed by atoms with van der Waals surface area (Å²) >= 11 is 0. The molecule has 0 radical (unpaired) electrons. The number of piperidine rings is 1. The van der Waals surface area contributed by atoms with Crippen LogP contribution in [0.15, 0.2) is 104 Å². The van der Waals surface area contributed by atoms with Gasteiger partial charge in [-0.1, -0.05) is 60.7 Å². The number of rotatable bonds is 8. The monoisotopic (exact) mass is 579 g/mol. The maximum absolute atomic E-state index is 4.96. The standard InChI is InChI=1S/C35H33N9/c1-24-14-18-37-31(21-24)39-35-38-22-29(26-7-3-2-4-8-26)32(40-35)27-12-10-25(11-13-27)23-44-19-15-28(16-20-44)33-41-34(43-42-33)30-9-5-6-17-36-30/h2-14,17-18,21-22,28H,15-16,19-20,23H2,1H3,(H,41,42,43)(H,37,38,39,40). The van der Waals surface area contributed by atoms with Crippen molar-refractivity contribution in [3.8, 4) is 33.9 Å². The Balaban J connectivity index is 1.04. The third kappa shape index (κ3) is 6.23. The van der Waals surface area contributed by atoms with Crippen molar-refractivity contribution in [3.63, 3.8) is 0 Å². The lowest BCUT2D eigenvalue weighted by Gasteiger charge is -2.30. The molecular weight excluding hydrogens is 546 g/mol. The van der Waals surface area contributed by atoms with E-state index >= 15 is 0 Å². The fraction of sp³-hybridized carbons (Fsp3) is 0.200. The molecule has 44 heavy (non-hydrogen) atoms. The molecule has 6 aromatic rings. The molecule has 0 saturated carbocycles. The van der Waals surface area contributed by atoms with Crippen molar-refractivity contribution < 1.29 is 0 Å². The van der Waals surface area contributed by atoms with Crippen molar-refractivity contribution >= 4 is 11.8 Å². The van der Waals surface area contributed by atoms with Crippen LogP contribution in [0.1, 0.15) is 35.7 Å². The first kappa shape index (κ1) is 27.5. The second-order valence-corrected chi connectivity index (χ2v) is 11.2. The van der Waals surface area contributed by atoms with Crippen molar-refractivity contribution in [2.24, 2.45) is 0 Å². The number of hydrogen-bond acceptors (Lipinski definition) is 8. The minimum absolute atomic E-state index is 0.380. The first-order valence-corrected chi connectivity index (χ1v) is 15.0. The Kier molecular flexibility index (Phi) is 7.84. The van der Waals surface area contributed by atoms with Gasteiger partial charge in [0.2, 0.25) is 5.95 Å². The third-order valence-corrected chi connectivity index (χ3v) is 8.05. The molecule has 2 aromatic carbocycles. The predicted molar refractivity (Wildman–Crippen MR) is 172 cm³/mol. The summed E-state index contributed by atoms with van der Waals surface area (Å²) in [5.74, 6) is 3.31. The minimum atomic E-state index is 0.380. The van der Waals surface area contributed by atoms with Crippen LogP contribution in [-0.2, 0) is 6.54 Å². The van der Waals surface area contributed by atoms with Crippen molar-refractivity contribution in [3.05, 3.63) is 120 Å². The molecule has 4 aromatic heterocycles. The molecule has 1 fully saturated rings. The smallest absolute Gasteiger partial charge is 0.228 e. The highest BCUT2D eigenvalue weighted by molar-refractivity contribution is 5.81. The van der Waals surface area contributed by atoms with E-state index in [1.54, 1.807) is 12.4 Å². The van der Waals surface area contributed by atoms with Crippen LogP contribution in [-0.4, -0.2) is 53.1 Å². The van der Waals surface area contributed by atoms with E-state index < -0.39 is 0 Å². The van der Waals surface area contributed by atoms with Crippen molar-refractivity contribution in [1.82, 2.24) is 40.0 Å². The number of anilines is 2. The highest BCUT2D eigenvalue weighted by Crippen LogP contribution is 2.32. The number of nitrogens with zero attached hydrogens (tertiary/aromatic N) is 7. The Morgan fingerprint density at radius 2 is 1.64 bits per heavy atom. The van der Waals surface area contributed by atoms with Gasteiger partial charge in [-0.25, -0.2) is 15.0 Å². The lowest BCUT2D eigenvalue weighted by Crippen LogP contribution is -2.32. The Labute approximate surface area is 256 Å². The van der Waals surface area contributed by atoms with Gasteiger partial charge >= 0.3 is 0 Å². The van der Waals surface area contributed by atoms with Crippen molar-refractivity contribution in [2.45, 2.75) is 32.2 Å². The van der Waals surface area contributed by atoms with Gasteiger partial charge in [0.25, 0.3) is 0 Å². The summed E-state index contributed by atoms with van der Waals surface area (Å²) in [7, 11) is 0. The van der Waals surface area contributed by atoms with Gasteiger partial charge in [-0.2, -0.15) is 0 Å². The number of likely N-dealkylation sites (tertiary alicyclic amines) is 1. The van der Waals surface area contributed by atoms with Gasteiger partial charge in [0.05, 0.1) is 5.69 Å². The van der Waals surface area contributed by atoms with E-state index in [1.165, 1.54) is 5.56 Å². The average Bonchev–Trinajstić information content (AvgIpc) is 3.57. The van der Waals surface area contributed by atoms with E-state index in [-0.39, 0.29) is 0 Å². The number of H-pyrrole nitrogens is 1. The fourth-order valence-corrected chi connectivity index (χ4v) is 5.68. The van der Waals surface area contributed by atoms with Crippen LogP contribution in [0, 0.1) is 6.92 Å². The maximum atomic E-state index is 4.96. The zero-order valence-corrected chi connectivity index (χ0v) is 24.6. The summed E-state index contributed by atoms with van der Waals surface area (Å²) in [4.78, 5) is 24.3. The molecule has 7 rings (SSSR count). The van der Waals surface area contributed by atoms with Crippen LogP contribution in [0.25, 0.3) is 33.9 Å². The first-order chi connectivity index (χ1) is 21.7. The Morgan fingerprint density at radius 1 is 0.818 bits per heavy atom. The zero-order chi connectivity index (χ0) is 29.7. The quantitative estimate of drug-likeness (QED) is 0.202. The molecule has 0 amide bonds. The average molecular weight is 580 g/mol. The molecule has 9 nitrogen and oxygen atoms in total. The highest BCUT2D eigenvalue weighted by atomic mass is 15.2. The van der Waals surface area contributed by atoms with Gasteiger partial charge in [0, 0.05) is 42.2 Å². The summed E-state index contributed by atoms with van der Waals surface area (Å²) in [6.45, 7) is 4.97. The lowest BCUT2D eigenvalue weighted by atomic mass is 9.95. The molecule has 0 aliphatic carbocycles. The van der Waals surface area contributed by atoms with E-state index in [9.17, 15) is 0 Å². The highest BCUT2D eigenvalue weighted by Gasteiger charge is 2.24. The van der Waals surface area contributed by atoms with E-state index in [0.29, 0.717) is 11.9 Å². The van der Waals surface area contributed by atoms with Gasteiger partial charge < -0.3 is 10.3 Å². The second-order valence-electron chi connectivity index (χ2n) is 11.2. The lowest BCUT2D eigenvalue weighted by molar-refractivity contribution is 0.202. The normalized spacial score (nSPS) is 14.0. The molecule has 0 bridgehead atoms. The molecule has 1 aliphatic rings. The fourth-order valence-electron chi connectivity index (χ4n) is 5.68. The van der Waals surface area contributed by atoms with Crippen molar-refractivity contribution in [1.29, 1.82) is 0 Å². The number of aryl methyl sites for hydroxylation is 1. The van der Waals surface area contributed by atoms with Gasteiger partial charge in [0.1, 0.15) is 17.3 Å². The number of aromatic nitrogens is 7. The molecule has 5 heterocycles. The van der Waals surface area contributed by atoms with Gasteiger partial charge in [-0.05, 0) is 73.8 Å². The Hall–Kier alpha value is -5.28. The van der Waals surface area contributed by atoms with Crippen molar-refractivity contribution in [2.75, 3.05) is 18.4 Å². The Bertz CT molecular complexity index is 1830.